The van der Waals surface area contributed by atoms with Crippen molar-refractivity contribution in [3.05, 3.63) is 111 Å². The Labute approximate surface area is 233 Å². The Balaban J connectivity index is 0.000000233. The second kappa shape index (κ2) is 12.4. The maximum absolute atomic E-state index is 10.5. The summed E-state index contributed by atoms with van der Waals surface area (Å²) in [7, 11) is 11.3. The molecule has 1 aliphatic rings. The maximum atomic E-state index is 10.5. The van der Waals surface area contributed by atoms with E-state index in [1.165, 1.54) is 56.9 Å². The van der Waals surface area contributed by atoms with Gasteiger partial charge in [-0.25, -0.2) is 0 Å². The second-order valence-corrected chi connectivity index (χ2v) is 15.2. The van der Waals surface area contributed by atoms with Crippen molar-refractivity contribution in [1.82, 2.24) is 0 Å². The van der Waals surface area contributed by atoms with Crippen molar-refractivity contribution >= 4 is 41.1 Å². The monoisotopic (exact) mass is 627 g/mol. The van der Waals surface area contributed by atoms with Crippen LogP contribution < -0.4 is 9.80 Å². The van der Waals surface area contributed by atoms with Crippen LogP contribution in [0.3, 0.4) is 0 Å². The number of halogens is 2. The van der Waals surface area contributed by atoms with Crippen molar-refractivity contribution in [2.45, 2.75) is 41.5 Å². The predicted octanol–water partition coefficient (Wildman–Crippen LogP) is 7.84. The van der Waals surface area contributed by atoms with E-state index in [0.29, 0.717) is 11.1 Å². The molecule has 37 heavy (non-hydrogen) atoms. The number of rotatable bonds is 4. The van der Waals surface area contributed by atoms with Crippen LogP contribution in [-0.2, 0) is 13.5 Å². The zero-order valence-corrected chi connectivity index (χ0v) is 25.3. The molecule has 8 heteroatoms. The van der Waals surface area contributed by atoms with Crippen LogP contribution >= 0.6 is 19.4 Å². The van der Waals surface area contributed by atoms with Gasteiger partial charge < -0.3 is 9.80 Å². The Morgan fingerprint density at radius 2 is 1.30 bits per heavy atom. The van der Waals surface area contributed by atoms with E-state index in [1.54, 1.807) is 10.7 Å². The van der Waals surface area contributed by atoms with Crippen LogP contribution in [0.15, 0.2) is 42.5 Å². The summed E-state index contributed by atoms with van der Waals surface area (Å²) in [6.45, 7) is 21.3. The van der Waals surface area contributed by atoms with Gasteiger partial charge in [0.1, 0.15) is 0 Å². The molecule has 1 saturated heterocycles. The van der Waals surface area contributed by atoms with Gasteiger partial charge in [0.2, 0.25) is 0 Å². The Morgan fingerprint density at radius 1 is 0.865 bits per heavy atom. The SMILES string of the molecule is Cc1cc(C)c(N2[CH-]N(c3c(C)cc(C)cc3C)CC2)c(C)c1.[CH2-]c1ccc([N+](=O)[O-])cc1[CH]=[Ru]([Cl])[Cl]. The van der Waals surface area contributed by atoms with Crippen LogP contribution in [0.5, 0.6) is 0 Å². The Morgan fingerprint density at radius 3 is 1.68 bits per heavy atom. The number of nitro benzene ring substituents is 1. The first-order chi connectivity index (χ1) is 17.4. The van der Waals surface area contributed by atoms with E-state index < -0.39 is 18.4 Å². The fourth-order valence-electron chi connectivity index (χ4n) is 4.96. The van der Waals surface area contributed by atoms with Crippen molar-refractivity contribution in [3.8, 4) is 0 Å². The molecule has 0 aliphatic carbocycles. The number of non-ortho nitro benzene ring substituents is 1. The molecule has 0 aromatic heterocycles. The minimum atomic E-state index is -1.96. The fourth-order valence-corrected chi connectivity index (χ4v) is 6.82. The average Bonchev–Trinajstić information content (AvgIpc) is 3.22. The average molecular weight is 628 g/mol. The van der Waals surface area contributed by atoms with E-state index in [9.17, 15) is 10.1 Å². The van der Waals surface area contributed by atoms with Crippen molar-refractivity contribution in [2.75, 3.05) is 22.9 Å². The van der Waals surface area contributed by atoms with Crippen molar-refractivity contribution < 1.29 is 18.4 Å². The molecule has 0 N–H and O–H groups in total. The number of benzene rings is 3. The number of hydrogen-bond donors (Lipinski definition) is 0. The molecule has 0 radical (unpaired) electrons. The zero-order chi connectivity index (χ0) is 27.4. The van der Waals surface area contributed by atoms with Crippen LogP contribution in [0.4, 0.5) is 17.1 Å². The van der Waals surface area contributed by atoms with E-state index in [-0.39, 0.29) is 5.69 Å². The summed E-state index contributed by atoms with van der Waals surface area (Å²) in [5, 5.41) is 10.5. The van der Waals surface area contributed by atoms with Gasteiger partial charge in [0, 0.05) is 24.5 Å². The van der Waals surface area contributed by atoms with Crippen LogP contribution in [0.2, 0.25) is 0 Å². The topological polar surface area (TPSA) is 49.6 Å². The summed E-state index contributed by atoms with van der Waals surface area (Å²) in [6.07, 6.45) is 0. The van der Waals surface area contributed by atoms with Crippen LogP contribution in [0.1, 0.15) is 44.5 Å². The van der Waals surface area contributed by atoms with E-state index >= 15 is 0 Å². The van der Waals surface area contributed by atoms with Gasteiger partial charge in [0.15, 0.2) is 0 Å². The van der Waals surface area contributed by atoms with Crippen LogP contribution in [0.25, 0.3) is 0 Å². The van der Waals surface area contributed by atoms with Crippen LogP contribution in [0, 0.1) is 65.2 Å². The molecule has 0 amide bonds. The predicted molar refractivity (Wildman–Crippen MR) is 155 cm³/mol. The molecule has 1 heterocycles. The molecule has 0 atom stereocenters. The summed E-state index contributed by atoms with van der Waals surface area (Å²) >= 11 is -1.96. The van der Waals surface area contributed by atoms with Gasteiger partial charge in [-0.2, -0.15) is 6.67 Å². The van der Waals surface area contributed by atoms with E-state index in [1.807, 2.05) is 0 Å². The second-order valence-electron chi connectivity index (χ2n) is 9.44. The van der Waals surface area contributed by atoms with E-state index in [2.05, 4.69) is 89.2 Å². The molecule has 5 nitrogen and oxygen atoms in total. The fraction of sp³-hybridized carbons (Fsp3) is 0.276. The molecular formula is C29H33Cl2N3O2Ru-2. The van der Waals surface area contributed by atoms with Gasteiger partial charge in [-0.05, 0) is 63.8 Å². The molecule has 1 fully saturated rings. The molecule has 200 valence electrons. The first-order valence-electron chi connectivity index (χ1n) is 11.8. The summed E-state index contributed by atoms with van der Waals surface area (Å²) < 4.78 is 1.64. The Hall–Kier alpha value is -2.40. The summed E-state index contributed by atoms with van der Waals surface area (Å²) in [6, 6.07) is 13.5. The molecular weight excluding hydrogens is 594 g/mol. The summed E-state index contributed by atoms with van der Waals surface area (Å²) in [4.78, 5) is 14.8. The minimum absolute atomic E-state index is 0.0207. The molecule has 0 spiro atoms. The van der Waals surface area contributed by atoms with Gasteiger partial charge in [0.25, 0.3) is 0 Å². The number of nitro groups is 1. The molecule has 1 aliphatic heterocycles. The molecule has 3 aromatic rings. The molecule has 0 saturated carbocycles. The van der Waals surface area contributed by atoms with Gasteiger partial charge in [-0.3, -0.25) is 0 Å². The zero-order valence-electron chi connectivity index (χ0n) is 22.1. The summed E-state index contributed by atoms with van der Waals surface area (Å²) in [5.41, 5.74) is 12.2. The quantitative estimate of drug-likeness (QED) is 0.128. The molecule has 4 rings (SSSR count). The Bertz CT molecular complexity index is 1240. The Kier molecular flexibility index (Phi) is 9.80. The normalized spacial score (nSPS) is 13.2. The van der Waals surface area contributed by atoms with Gasteiger partial charge in [-0.1, -0.05) is 35.4 Å². The standard InChI is InChI=1S/C21H27N2.C8H6NO2.2ClH.Ru/c1-14-9-16(3)20(17(4)10-14)22-7-8-23(13-22)21-18(5)11-15(2)12-19(21)6;1-6-3-4-8(9(10)11)5-7(6)2;;;/h9-13H,7-8H2,1-6H3;2-5H,1H2;2*1H;/q2*-1;;;+2/p-2. The first-order valence-corrected chi connectivity index (χ1v) is 17.3. The number of aryl methyl sites for hydroxylation is 6. The van der Waals surface area contributed by atoms with Crippen molar-refractivity contribution in [3.63, 3.8) is 0 Å². The van der Waals surface area contributed by atoms with Crippen molar-refractivity contribution in [2.24, 2.45) is 0 Å². The van der Waals surface area contributed by atoms with Crippen LogP contribution in [-0.4, -0.2) is 22.6 Å². The molecule has 3 aromatic carbocycles. The van der Waals surface area contributed by atoms with Gasteiger partial charge >= 0.3 is 94.5 Å². The third-order valence-corrected chi connectivity index (χ3v) is 8.07. The third-order valence-electron chi connectivity index (χ3n) is 6.23. The number of anilines is 2. The van der Waals surface area contributed by atoms with Gasteiger partial charge in [0.05, 0.1) is 0 Å². The van der Waals surface area contributed by atoms with Crippen molar-refractivity contribution in [1.29, 1.82) is 0 Å². The van der Waals surface area contributed by atoms with E-state index in [4.69, 9.17) is 19.4 Å². The number of nitrogens with zero attached hydrogens (tertiary/aromatic N) is 3. The van der Waals surface area contributed by atoms with Gasteiger partial charge in [-0.15, -0.1) is 0 Å². The third kappa shape index (κ3) is 7.34. The molecule has 0 bridgehead atoms. The summed E-state index contributed by atoms with van der Waals surface area (Å²) in [5.74, 6) is 0. The first kappa shape index (κ1) is 29.2. The number of hydrogen-bond acceptors (Lipinski definition) is 4. The molecule has 0 unspecified atom stereocenters. The van der Waals surface area contributed by atoms with E-state index in [0.717, 1.165) is 13.1 Å².